The van der Waals surface area contributed by atoms with Crippen LogP contribution in [0, 0.1) is 10.5 Å². The Hall–Kier alpha value is -2.24. The molecule has 0 aliphatic carbocycles. The van der Waals surface area contributed by atoms with Gasteiger partial charge in [-0.2, -0.15) is 5.10 Å². The number of carbonyl (C=O) groups is 2. The van der Waals surface area contributed by atoms with Crippen LogP contribution in [0.2, 0.25) is 0 Å². The first kappa shape index (κ1) is 24.4. The molecule has 0 unspecified atom stereocenters. The van der Waals surface area contributed by atoms with Crippen molar-refractivity contribution in [3.05, 3.63) is 89.9 Å². The van der Waals surface area contributed by atoms with Gasteiger partial charge >= 0.3 is 5.97 Å². The molecular formula is C23H17Br2IN2O4. The van der Waals surface area contributed by atoms with Gasteiger partial charge in [-0.25, -0.2) is 10.2 Å². The maximum atomic E-state index is 12.7. The first-order valence-electron chi connectivity index (χ1n) is 9.30. The van der Waals surface area contributed by atoms with E-state index in [1.54, 1.807) is 36.4 Å². The number of hydrogen-bond acceptors (Lipinski definition) is 5. The number of hydrogen-bond donors (Lipinski definition) is 1. The van der Waals surface area contributed by atoms with Gasteiger partial charge in [0.25, 0.3) is 5.91 Å². The van der Waals surface area contributed by atoms with Crippen LogP contribution in [0.15, 0.2) is 74.7 Å². The van der Waals surface area contributed by atoms with Crippen molar-refractivity contribution in [2.75, 3.05) is 6.61 Å². The van der Waals surface area contributed by atoms with E-state index in [0.29, 0.717) is 21.3 Å². The number of nitrogens with zero attached hydrogens (tertiary/aromatic N) is 1. The lowest BCUT2D eigenvalue weighted by atomic mass is 10.2. The summed E-state index contributed by atoms with van der Waals surface area (Å²) < 4.78 is 13.1. The smallest absolute Gasteiger partial charge is 0.344 e. The Morgan fingerprint density at radius 3 is 2.53 bits per heavy atom. The van der Waals surface area contributed by atoms with Crippen LogP contribution in [0.3, 0.4) is 0 Å². The van der Waals surface area contributed by atoms with E-state index in [1.165, 1.54) is 6.21 Å². The first-order chi connectivity index (χ1) is 15.3. The normalized spacial score (nSPS) is 10.8. The van der Waals surface area contributed by atoms with E-state index in [2.05, 4.69) is 65.0 Å². The fourth-order valence-electron chi connectivity index (χ4n) is 2.55. The number of aryl methyl sites for hydroxylation is 1. The van der Waals surface area contributed by atoms with Gasteiger partial charge in [0.15, 0.2) is 12.4 Å². The zero-order chi connectivity index (χ0) is 23.1. The van der Waals surface area contributed by atoms with Crippen LogP contribution >= 0.6 is 54.5 Å². The van der Waals surface area contributed by atoms with Crippen molar-refractivity contribution in [3.63, 3.8) is 0 Å². The Labute approximate surface area is 215 Å². The third-order valence-electron chi connectivity index (χ3n) is 4.11. The van der Waals surface area contributed by atoms with Gasteiger partial charge in [-0.15, -0.1) is 0 Å². The second kappa shape index (κ2) is 11.6. The Morgan fingerprint density at radius 1 is 1.09 bits per heavy atom. The van der Waals surface area contributed by atoms with E-state index < -0.39 is 11.9 Å². The van der Waals surface area contributed by atoms with Crippen molar-refractivity contribution in [1.29, 1.82) is 0 Å². The van der Waals surface area contributed by atoms with Gasteiger partial charge in [0.1, 0.15) is 5.75 Å². The molecular weight excluding hydrogens is 655 g/mol. The standard InChI is InChI=1S/C23H17Br2IN2O4/c1-14-6-8-17(9-7-14)31-13-21(29)28-27-12-15-10-16(24)11-19(25)22(15)32-23(30)18-4-2-3-5-20(18)26/h2-12H,13H2,1H3,(H,28,29). The van der Waals surface area contributed by atoms with Gasteiger partial charge in [-0.1, -0.05) is 45.8 Å². The van der Waals surface area contributed by atoms with Crippen molar-refractivity contribution in [3.8, 4) is 11.5 Å². The highest BCUT2D eigenvalue weighted by Gasteiger charge is 2.17. The SMILES string of the molecule is Cc1ccc(OCC(=O)NN=Cc2cc(Br)cc(Br)c2OC(=O)c2ccccc2I)cc1. The summed E-state index contributed by atoms with van der Waals surface area (Å²) in [5.74, 6) is -0.0429. The van der Waals surface area contributed by atoms with Crippen molar-refractivity contribution in [1.82, 2.24) is 5.43 Å². The number of benzene rings is 3. The summed E-state index contributed by atoms with van der Waals surface area (Å²) in [6.45, 7) is 1.79. The Kier molecular flexibility index (Phi) is 8.83. The van der Waals surface area contributed by atoms with Crippen LogP contribution in [-0.2, 0) is 4.79 Å². The summed E-state index contributed by atoms with van der Waals surface area (Å²) >= 11 is 8.90. The van der Waals surface area contributed by atoms with Gasteiger partial charge in [-0.05, 0) is 81.8 Å². The molecule has 0 saturated heterocycles. The number of ether oxygens (including phenoxy) is 2. The van der Waals surface area contributed by atoms with Crippen molar-refractivity contribution in [2.24, 2.45) is 5.10 Å². The molecule has 3 aromatic rings. The number of esters is 1. The van der Waals surface area contributed by atoms with Crippen LogP contribution in [0.1, 0.15) is 21.5 Å². The zero-order valence-corrected chi connectivity index (χ0v) is 22.1. The number of nitrogens with one attached hydrogen (secondary N) is 1. The lowest BCUT2D eigenvalue weighted by Gasteiger charge is -2.11. The molecule has 0 heterocycles. The molecule has 1 amide bonds. The fourth-order valence-corrected chi connectivity index (χ4v) is 4.49. The molecule has 32 heavy (non-hydrogen) atoms. The topological polar surface area (TPSA) is 77.0 Å². The van der Waals surface area contributed by atoms with Crippen LogP contribution in [-0.4, -0.2) is 24.7 Å². The molecule has 9 heteroatoms. The number of carbonyl (C=O) groups excluding carboxylic acids is 2. The number of amides is 1. The van der Waals surface area contributed by atoms with E-state index in [4.69, 9.17) is 9.47 Å². The van der Waals surface area contributed by atoms with E-state index >= 15 is 0 Å². The zero-order valence-electron chi connectivity index (χ0n) is 16.8. The number of halogens is 3. The summed E-state index contributed by atoms with van der Waals surface area (Å²) in [5, 5.41) is 3.97. The molecule has 3 aromatic carbocycles. The van der Waals surface area contributed by atoms with E-state index in [1.807, 2.05) is 31.2 Å². The van der Waals surface area contributed by atoms with Gasteiger partial charge in [-0.3, -0.25) is 4.79 Å². The molecule has 0 spiro atoms. The molecule has 0 bridgehead atoms. The largest absolute Gasteiger partial charge is 0.484 e. The van der Waals surface area contributed by atoms with Gasteiger partial charge in [0.05, 0.1) is 16.3 Å². The predicted octanol–water partition coefficient (Wildman–Crippen LogP) is 5.87. The summed E-state index contributed by atoms with van der Waals surface area (Å²) in [4.78, 5) is 24.7. The predicted molar refractivity (Wildman–Crippen MR) is 138 cm³/mol. The highest BCUT2D eigenvalue weighted by Crippen LogP contribution is 2.33. The van der Waals surface area contributed by atoms with Gasteiger partial charge in [0, 0.05) is 13.6 Å². The molecule has 0 fully saturated rings. The molecule has 0 radical (unpaired) electrons. The van der Waals surface area contributed by atoms with Crippen LogP contribution in [0.5, 0.6) is 11.5 Å². The molecule has 1 N–H and O–H groups in total. The summed E-state index contributed by atoms with van der Waals surface area (Å²) in [6, 6.07) is 18.0. The Morgan fingerprint density at radius 2 is 1.81 bits per heavy atom. The minimum atomic E-state index is -0.497. The molecule has 0 aliphatic heterocycles. The van der Waals surface area contributed by atoms with Crippen LogP contribution in [0.4, 0.5) is 0 Å². The van der Waals surface area contributed by atoms with Crippen molar-refractivity contribution < 1.29 is 19.1 Å². The molecule has 164 valence electrons. The Bertz CT molecular complexity index is 1170. The van der Waals surface area contributed by atoms with Crippen LogP contribution < -0.4 is 14.9 Å². The highest BCUT2D eigenvalue weighted by molar-refractivity contribution is 14.1. The van der Waals surface area contributed by atoms with E-state index in [-0.39, 0.29) is 12.4 Å². The highest BCUT2D eigenvalue weighted by atomic mass is 127. The summed E-state index contributed by atoms with van der Waals surface area (Å²) in [7, 11) is 0. The maximum absolute atomic E-state index is 12.7. The Balaban J connectivity index is 1.68. The minimum Gasteiger partial charge on any atom is -0.484 e. The molecule has 0 aromatic heterocycles. The van der Waals surface area contributed by atoms with E-state index in [9.17, 15) is 9.59 Å². The minimum absolute atomic E-state index is 0.184. The average Bonchev–Trinajstić information content (AvgIpc) is 2.76. The third-order valence-corrected chi connectivity index (χ3v) is 6.10. The maximum Gasteiger partial charge on any atom is 0.344 e. The van der Waals surface area contributed by atoms with Gasteiger partial charge < -0.3 is 9.47 Å². The first-order valence-corrected chi connectivity index (χ1v) is 12.0. The molecule has 0 saturated carbocycles. The molecule has 0 aliphatic rings. The average molecular weight is 672 g/mol. The molecule has 6 nitrogen and oxygen atoms in total. The molecule has 3 rings (SSSR count). The number of hydrazone groups is 1. The monoisotopic (exact) mass is 670 g/mol. The molecule has 0 atom stereocenters. The third kappa shape index (κ3) is 6.88. The van der Waals surface area contributed by atoms with Crippen LogP contribution in [0.25, 0.3) is 0 Å². The lowest BCUT2D eigenvalue weighted by Crippen LogP contribution is -2.24. The second-order valence-corrected chi connectivity index (χ2v) is 9.50. The second-order valence-electron chi connectivity index (χ2n) is 6.57. The summed E-state index contributed by atoms with van der Waals surface area (Å²) in [5.41, 5.74) is 4.45. The van der Waals surface area contributed by atoms with E-state index in [0.717, 1.165) is 13.6 Å². The van der Waals surface area contributed by atoms with Gasteiger partial charge in [0.2, 0.25) is 0 Å². The number of rotatable bonds is 7. The van der Waals surface area contributed by atoms with Crippen molar-refractivity contribution in [2.45, 2.75) is 6.92 Å². The quantitative estimate of drug-likeness (QED) is 0.112. The lowest BCUT2D eigenvalue weighted by molar-refractivity contribution is -0.123. The summed E-state index contributed by atoms with van der Waals surface area (Å²) in [6.07, 6.45) is 1.40. The fraction of sp³-hybridized carbons (Fsp3) is 0.0870. The van der Waals surface area contributed by atoms with Crippen molar-refractivity contribution >= 4 is 72.5 Å².